The summed E-state index contributed by atoms with van der Waals surface area (Å²) in [4.78, 5) is 34.9. The molecule has 0 bridgehead atoms. The molecule has 0 saturated heterocycles. The van der Waals surface area contributed by atoms with Crippen molar-refractivity contribution in [2.75, 3.05) is 26.4 Å². The zero-order valence-corrected chi connectivity index (χ0v) is 37.1. The summed E-state index contributed by atoms with van der Waals surface area (Å²) in [5, 5.41) is 20.1. The third-order valence-corrected chi connectivity index (χ3v) is 9.63. The molecule has 0 aliphatic rings. The van der Waals surface area contributed by atoms with Crippen LogP contribution in [0.15, 0.2) is 97.2 Å². The maximum atomic E-state index is 12.6. The van der Waals surface area contributed by atoms with Gasteiger partial charge in [0.2, 0.25) is 0 Å². The zero-order chi connectivity index (χ0) is 43.5. The fourth-order valence-electron chi connectivity index (χ4n) is 5.30. The Hall–Kier alpha value is -3.15. The number of rotatable bonds is 39. The Morgan fingerprint density at radius 3 is 1.68 bits per heavy atom. The molecule has 0 radical (unpaired) electrons. The van der Waals surface area contributed by atoms with Gasteiger partial charge in [0.1, 0.15) is 6.61 Å². The van der Waals surface area contributed by atoms with Gasteiger partial charge in [-0.1, -0.05) is 150 Å². The predicted molar refractivity (Wildman–Crippen MR) is 240 cm³/mol. The highest BCUT2D eigenvalue weighted by Crippen LogP contribution is 2.43. The van der Waals surface area contributed by atoms with Gasteiger partial charge in [-0.25, -0.2) is 4.57 Å². The topological polar surface area (TPSA) is 175 Å². The van der Waals surface area contributed by atoms with Gasteiger partial charge in [0.25, 0.3) is 0 Å². The number of hydrogen-bond acceptors (Lipinski definition) is 10. The van der Waals surface area contributed by atoms with Crippen molar-refractivity contribution in [3.8, 4) is 0 Å². The molecule has 0 spiro atoms. The van der Waals surface area contributed by atoms with Crippen LogP contribution in [0.25, 0.3) is 0 Å². The average Bonchev–Trinajstić information content (AvgIpc) is 3.21. The van der Waals surface area contributed by atoms with Crippen LogP contribution in [-0.4, -0.2) is 71.7 Å². The molecule has 0 amide bonds. The number of phosphoric ester groups is 1. The first kappa shape index (κ1) is 55.9. The van der Waals surface area contributed by atoms with E-state index in [4.69, 9.17) is 24.3 Å². The highest BCUT2D eigenvalue weighted by atomic mass is 31.2. The summed E-state index contributed by atoms with van der Waals surface area (Å²) in [5.41, 5.74) is 5.33. The molecule has 0 aliphatic carbocycles. The number of hydrogen-bond donors (Lipinski definition) is 4. The molecule has 0 aromatic heterocycles. The SMILES string of the molecule is CCCCC/C=C\C/C=C\C/C=C\C/C=C\CCCCCC(=O)O[C@H](COC(=O)CCC[C@@H](O)/C=C/C=C\C/C=C\C=C\[C@@H](O)CCCCC)COP(=O)(O)OCCN. The van der Waals surface area contributed by atoms with E-state index in [-0.39, 0.29) is 32.6 Å². The van der Waals surface area contributed by atoms with E-state index in [1.807, 2.05) is 30.4 Å². The van der Waals surface area contributed by atoms with Crippen molar-refractivity contribution < 1.29 is 47.8 Å². The van der Waals surface area contributed by atoms with E-state index in [1.54, 1.807) is 18.2 Å². The molecule has 336 valence electrons. The van der Waals surface area contributed by atoms with Gasteiger partial charge in [-0.3, -0.25) is 18.6 Å². The minimum atomic E-state index is -4.45. The Balaban J connectivity index is 4.47. The molecule has 0 fully saturated rings. The third-order valence-electron chi connectivity index (χ3n) is 8.65. The van der Waals surface area contributed by atoms with Crippen molar-refractivity contribution in [3.63, 3.8) is 0 Å². The molecule has 0 rings (SSSR count). The number of unbranched alkanes of at least 4 members (excludes halogenated alkanes) is 8. The number of esters is 2. The van der Waals surface area contributed by atoms with Crippen LogP contribution >= 0.6 is 7.82 Å². The molecule has 11 nitrogen and oxygen atoms in total. The fraction of sp³-hybridized carbons (Fsp3) is 0.617. The van der Waals surface area contributed by atoms with Crippen LogP contribution in [0.4, 0.5) is 0 Å². The lowest BCUT2D eigenvalue weighted by atomic mass is 10.1. The second-order valence-electron chi connectivity index (χ2n) is 14.3. The van der Waals surface area contributed by atoms with Crippen LogP contribution in [0, 0.1) is 0 Å². The fourth-order valence-corrected chi connectivity index (χ4v) is 6.07. The van der Waals surface area contributed by atoms with E-state index in [9.17, 15) is 29.3 Å². The van der Waals surface area contributed by atoms with Crippen molar-refractivity contribution in [3.05, 3.63) is 97.2 Å². The second-order valence-corrected chi connectivity index (χ2v) is 15.7. The number of carbonyl (C=O) groups is 2. The second kappa shape index (κ2) is 41.6. The van der Waals surface area contributed by atoms with Crippen LogP contribution in [0.5, 0.6) is 0 Å². The molecule has 1 unspecified atom stereocenters. The van der Waals surface area contributed by atoms with Gasteiger partial charge in [0, 0.05) is 19.4 Å². The summed E-state index contributed by atoms with van der Waals surface area (Å²) in [6.07, 6.45) is 46.5. The van der Waals surface area contributed by atoms with Gasteiger partial charge < -0.3 is 30.3 Å². The van der Waals surface area contributed by atoms with Crippen LogP contribution in [-0.2, 0) is 32.7 Å². The first-order chi connectivity index (χ1) is 28.6. The summed E-state index contributed by atoms with van der Waals surface area (Å²) in [7, 11) is -4.45. The molecule has 0 aliphatic heterocycles. The van der Waals surface area contributed by atoms with Crippen molar-refractivity contribution in [2.45, 2.75) is 161 Å². The molecule has 5 N–H and O–H groups in total. The van der Waals surface area contributed by atoms with Gasteiger partial charge >= 0.3 is 19.8 Å². The predicted octanol–water partition coefficient (Wildman–Crippen LogP) is 10.5. The summed E-state index contributed by atoms with van der Waals surface area (Å²) < 4.78 is 32.6. The van der Waals surface area contributed by atoms with Crippen LogP contribution < -0.4 is 5.73 Å². The zero-order valence-electron chi connectivity index (χ0n) is 36.2. The molecule has 0 saturated carbocycles. The first-order valence-electron chi connectivity index (χ1n) is 21.9. The van der Waals surface area contributed by atoms with Gasteiger partial charge in [0.05, 0.1) is 25.4 Å². The highest BCUT2D eigenvalue weighted by molar-refractivity contribution is 7.47. The number of carbonyl (C=O) groups excluding carboxylic acids is 2. The van der Waals surface area contributed by atoms with Crippen LogP contribution in [0.2, 0.25) is 0 Å². The van der Waals surface area contributed by atoms with Crippen LogP contribution in [0.3, 0.4) is 0 Å². The lowest BCUT2D eigenvalue weighted by Crippen LogP contribution is -2.29. The standard InChI is InChI=1S/C47H78NO10P/c1-3-5-7-8-9-10-11-12-13-14-15-16-17-18-19-20-24-27-31-37-47(52)58-45(42-57-59(53,54)56-40-39-48)41-55-46(51)38-32-36-44(50)35-30-26-23-21-22-25-29-34-43(49)33-28-6-4-2/h9-10,12-13,15-16,18-19,22-23,25-26,29-30,34-35,43-45,49-50H,3-8,11,14,17,20-21,24,27-28,31-33,36-42,48H2,1-2H3,(H,53,54)/b10-9-,13-12-,16-15-,19-18-,25-22-,26-23-,34-29+,35-30+/t43-,44-,45+/m0/s1. The van der Waals surface area contributed by atoms with E-state index >= 15 is 0 Å². The normalized spacial score (nSPS) is 15.3. The maximum absolute atomic E-state index is 12.6. The van der Waals surface area contributed by atoms with E-state index in [1.165, 1.54) is 25.7 Å². The number of nitrogens with two attached hydrogens (primary N) is 1. The summed E-state index contributed by atoms with van der Waals surface area (Å²) >= 11 is 0. The molecular weight excluding hydrogens is 769 g/mol. The Labute approximate surface area is 356 Å². The first-order valence-corrected chi connectivity index (χ1v) is 23.4. The Morgan fingerprint density at radius 1 is 0.593 bits per heavy atom. The molecule has 0 aromatic carbocycles. The molecule has 59 heavy (non-hydrogen) atoms. The summed E-state index contributed by atoms with van der Waals surface area (Å²) in [6, 6.07) is 0. The van der Waals surface area contributed by atoms with E-state index in [2.05, 4.69) is 62.5 Å². The number of aliphatic hydroxyl groups is 2. The number of ether oxygens (including phenoxy) is 2. The largest absolute Gasteiger partial charge is 0.472 e. The van der Waals surface area contributed by atoms with Crippen molar-refractivity contribution >= 4 is 19.8 Å². The summed E-state index contributed by atoms with van der Waals surface area (Å²) in [6.45, 7) is 3.27. The molecule has 4 atom stereocenters. The van der Waals surface area contributed by atoms with Gasteiger partial charge in [-0.05, 0) is 77.0 Å². The smallest absolute Gasteiger partial charge is 0.462 e. The van der Waals surface area contributed by atoms with Crippen molar-refractivity contribution in [1.29, 1.82) is 0 Å². The minimum absolute atomic E-state index is 0.00950. The molecule has 0 aromatic rings. The quantitative estimate of drug-likeness (QED) is 0.0152. The van der Waals surface area contributed by atoms with Crippen molar-refractivity contribution in [1.82, 2.24) is 0 Å². The summed E-state index contributed by atoms with van der Waals surface area (Å²) in [5.74, 6) is -1.10. The van der Waals surface area contributed by atoms with Gasteiger partial charge in [-0.2, -0.15) is 0 Å². The Bertz CT molecular complexity index is 1320. The highest BCUT2D eigenvalue weighted by Gasteiger charge is 2.26. The Morgan fingerprint density at radius 2 is 1.10 bits per heavy atom. The van der Waals surface area contributed by atoms with Crippen molar-refractivity contribution in [2.24, 2.45) is 5.73 Å². The number of allylic oxidation sites excluding steroid dienone is 14. The van der Waals surface area contributed by atoms with E-state index in [0.717, 1.165) is 64.2 Å². The number of aliphatic hydroxyl groups excluding tert-OH is 2. The molecule has 12 heteroatoms. The average molecular weight is 848 g/mol. The third kappa shape index (κ3) is 41.4. The maximum Gasteiger partial charge on any atom is 0.472 e. The van der Waals surface area contributed by atoms with E-state index in [0.29, 0.717) is 25.7 Å². The Kier molecular flexibility index (Phi) is 39.4. The molecular formula is C47H78NO10P. The van der Waals surface area contributed by atoms with E-state index < -0.39 is 44.7 Å². The van der Waals surface area contributed by atoms with Crippen LogP contribution in [0.1, 0.15) is 142 Å². The van der Waals surface area contributed by atoms with Gasteiger partial charge in [-0.15, -0.1) is 0 Å². The minimum Gasteiger partial charge on any atom is -0.462 e. The van der Waals surface area contributed by atoms with Gasteiger partial charge in [0.15, 0.2) is 6.10 Å². The lowest BCUT2D eigenvalue weighted by Gasteiger charge is -2.20. The monoisotopic (exact) mass is 848 g/mol. The lowest BCUT2D eigenvalue weighted by molar-refractivity contribution is -0.161. The number of phosphoric acid groups is 1. The molecule has 0 heterocycles.